The largest absolute Gasteiger partial charge is 0.416 e. The Morgan fingerprint density at radius 3 is 1.78 bits per heavy atom. The van der Waals surface area contributed by atoms with E-state index in [-0.39, 0.29) is 23.3 Å². The summed E-state index contributed by atoms with van der Waals surface area (Å²) in [4.78, 5) is 0.213. The van der Waals surface area contributed by atoms with Crippen molar-refractivity contribution >= 4 is 18.2 Å². The summed E-state index contributed by atoms with van der Waals surface area (Å²) in [5.41, 5.74) is 2.34. The maximum atomic E-state index is 14.2. The number of aliphatic hydroxyl groups is 2. The molecule has 0 saturated heterocycles. The number of sulfone groups is 1. The van der Waals surface area contributed by atoms with Crippen LogP contribution in [0.15, 0.2) is 65.6 Å². The van der Waals surface area contributed by atoms with Crippen molar-refractivity contribution in [3.63, 3.8) is 0 Å². The van der Waals surface area contributed by atoms with E-state index in [0.717, 1.165) is 5.56 Å². The highest BCUT2D eigenvalue weighted by molar-refractivity contribution is 7.92. The molecule has 41 heavy (non-hydrogen) atoms. The Morgan fingerprint density at radius 1 is 0.780 bits per heavy atom. The molecule has 8 heteroatoms. The number of aliphatic hydroxyl groups excluding tert-OH is 2. The molecule has 2 N–H and O–H groups in total. The van der Waals surface area contributed by atoms with E-state index in [1.165, 1.54) is 0 Å². The zero-order chi connectivity index (χ0) is 30.8. The normalized spacial score (nSPS) is 16.6. The van der Waals surface area contributed by atoms with Gasteiger partial charge in [0.1, 0.15) is 0 Å². The minimum Gasteiger partial charge on any atom is -0.416 e. The van der Waals surface area contributed by atoms with Gasteiger partial charge in [-0.3, -0.25) is 0 Å². The maximum Gasteiger partial charge on any atom is 0.200 e. The van der Waals surface area contributed by atoms with E-state index in [1.54, 1.807) is 30.3 Å². The summed E-state index contributed by atoms with van der Waals surface area (Å²) >= 11 is 0. The van der Waals surface area contributed by atoms with Crippen molar-refractivity contribution in [2.75, 3.05) is 19.8 Å². The molecule has 6 nitrogen and oxygen atoms in total. The molecule has 0 saturated carbocycles. The van der Waals surface area contributed by atoms with E-state index in [2.05, 4.69) is 48.5 Å². The third-order valence-electron chi connectivity index (χ3n) is 8.62. The molecule has 2 aromatic rings. The predicted molar refractivity (Wildman–Crippen MR) is 170 cm³/mol. The number of benzene rings is 2. The summed E-state index contributed by atoms with van der Waals surface area (Å²) in [5, 5.41) is 20.0. The van der Waals surface area contributed by atoms with Gasteiger partial charge in [-0.1, -0.05) is 104 Å². The first-order valence-corrected chi connectivity index (χ1v) is 18.8. The molecule has 0 spiro atoms. The Labute approximate surface area is 250 Å². The minimum atomic E-state index is -3.86. The lowest BCUT2D eigenvalue weighted by Gasteiger charge is -2.43. The van der Waals surface area contributed by atoms with Crippen LogP contribution in [0.2, 0.25) is 16.6 Å². The lowest BCUT2D eigenvalue weighted by Crippen LogP contribution is -2.49. The smallest absolute Gasteiger partial charge is 0.200 e. The van der Waals surface area contributed by atoms with E-state index in [1.807, 2.05) is 37.3 Å². The standard InChI is InChI=1S/C33H54O6SSi/c1-24(2)41(25(3)4,26(5)6)39-21-27(7)19-28(8)33(40(36,37)30-17-13-10-14-18-30)31(32(35)20-34)23-38-22-29-15-11-9-12-16-29/h9-18,24-28,31-35H,19-23H2,1-8H3/t27-,28+,31+,32-,33?/m0/s1. The lowest BCUT2D eigenvalue weighted by atomic mass is 9.86. The van der Waals surface area contributed by atoms with Gasteiger partial charge in [0.15, 0.2) is 18.2 Å². The predicted octanol–water partition coefficient (Wildman–Crippen LogP) is 6.87. The molecule has 5 atom stereocenters. The second-order valence-electron chi connectivity index (χ2n) is 12.7. The average molecular weight is 607 g/mol. The molecule has 0 amide bonds. The third-order valence-corrected chi connectivity index (χ3v) is 17.2. The van der Waals surface area contributed by atoms with Gasteiger partial charge in [-0.15, -0.1) is 0 Å². The van der Waals surface area contributed by atoms with Crippen molar-refractivity contribution in [3.8, 4) is 0 Å². The van der Waals surface area contributed by atoms with E-state index in [9.17, 15) is 18.6 Å². The minimum absolute atomic E-state index is 0.00659. The Bertz CT molecular complexity index is 1090. The van der Waals surface area contributed by atoms with Crippen LogP contribution in [-0.2, 0) is 25.6 Å². The molecule has 2 aromatic carbocycles. The molecule has 0 aromatic heterocycles. The fraction of sp³-hybridized carbons (Fsp3) is 0.636. The van der Waals surface area contributed by atoms with Gasteiger partial charge in [-0.25, -0.2) is 8.42 Å². The van der Waals surface area contributed by atoms with Crippen LogP contribution in [0.4, 0.5) is 0 Å². The van der Waals surface area contributed by atoms with Crippen molar-refractivity contribution in [2.24, 2.45) is 17.8 Å². The molecular formula is C33H54O6SSi. The molecular weight excluding hydrogens is 553 g/mol. The zero-order valence-electron chi connectivity index (χ0n) is 26.4. The van der Waals surface area contributed by atoms with E-state index in [0.29, 0.717) is 36.3 Å². The van der Waals surface area contributed by atoms with Crippen LogP contribution in [0, 0.1) is 17.8 Å². The molecule has 0 aliphatic carbocycles. The number of ether oxygens (including phenoxy) is 1. The lowest BCUT2D eigenvalue weighted by molar-refractivity contribution is -0.0132. The average Bonchev–Trinajstić information content (AvgIpc) is 2.92. The van der Waals surface area contributed by atoms with Crippen LogP contribution in [0.5, 0.6) is 0 Å². The van der Waals surface area contributed by atoms with Crippen LogP contribution < -0.4 is 0 Å². The number of hydrogen-bond donors (Lipinski definition) is 2. The van der Waals surface area contributed by atoms with Crippen LogP contribution in [0.3, 0.4) is 0 Å². The highest BCUT2D eigenvalue weighted by atomic mass is 32.2. The number of hydrogen-bond acceptors (Lipinski definition) is 6. The molecule has 0 fully saturated rings. The molecule has 1 unspecified atom stereocenters. The summed E-state index contributed by atoms with van der Waals surface area (Å²) in [5.74, 6) is -1.02. The molecule has 0 heterocycles. The van der Waals surface area contributed by atoms with E-state index in [4.69, 9.17) is 9.16 Å². The van der Waals surface area contributed by atoms with Gasteiger partial charge in [0.25, 0.3) is 0 Å². The highest BCUT2D eigenvalue weighted by Crippen LogP contribution is 2.43. The van der Waals surface area contributed by atoms with Gasteiger partial charge in [0, 0.05) is 12.5 Å². The Hall–Kier alpha value is -1.55. The van der Waals surface area contributed by atoms with E-state index < -0.39 is 42.0 Å². The summed E-state index contributed by atoms with van der Waals surface area (Å²) in [6, 6.07) is 18.0. The van der Waals surface area contributed by atoms with Gasteiger partial charge in [0.05, 0.1) is 36.1 Å². The van der Waals surface area contributed by atoms with E-state index >= 15 is 0 Å². The summed E-state index contributed by atoms with van der Waals surface area (Å²) in [6.45, 7) is 18.0. The Kier molecular flexibility index (Phi) is 14.2. The van der Waals surface area contributed by atoms with Crippen LogP contribution in [0.25, 0.3) is 0 Å². The zero-order valence-corrected chi connectivity index (χ0v) is 28.2. The fourth-order valence-corrected chi connectivity index (χ4v) is 14.7. The molecule has 0 radical (unpaired) electrons. The van der Waals surface area contributed by atoms with Gasteiger partial charge in [-0.2, -0.15) is 0 Å². The molecule has 0 aliphatic heterocycles. The van der Waals surface area contributed by atoms with Gasteiger partial charge in [0.2, 0.25) is 0 Å². The van der Waals surface area contributed by atoms with Crippen molar-refractivity contribution in [1.29, 1.82) is 0 Å². The second-order valence-corrected chi connectivity index (χ2v) is 20.2. The summed E-state index contributed by atoms with van der Waals surface area (Å²) in [6.07, 6.45) is -0.644. The van der Waals surface area contributed by atoms with Gasteiger partial charge < -0.3 is 19.4 Å². The maximum absolute atomic E-state index is 14.2. The van der Waals surface area contributed by atoms with Crippen molar-refractivity contribution in [1.82, 2.24) is 0 Å². The molecule has 0 aliphatic rings. The quantitative estimate of drug-likeness (QED) is 0.180. The monoisotopic (exact) mass is 606 g/mol. The Morgan fingerprint density at radius 2 is 1.29 bits per heavy atom. The first kappa shape index (κ1) is 35.6. The SMILES string of the molecule is CC(C)[Si](OC[C@@H](C)C[C@@H](C)C([C@H](COCc1ccccc1)[C@@H](O)CO)S(=O)(=O)c1ccccc1)(C(C)C)C(C)C. The Balaban J connectivity index is 2.35. The summed E-state index contributed by atoms with van der Waals surface area (Å²) < 4.78 is 41.2. The molecule has 2 rings (SSSR count). The van der Waals surface area contributed by atoms with Crippen LogP contribution in [-0.4, -0.2) is 58.1 Å². The van der Waals surface area contributed by atoms with Crippen molar-refractivity contribution in [2.45, 2.75) is 101 Å². The summed E-state index contributed by atoms with van der Waals surface area (Å²) in [7, 11) is -5.93. The highest BCUT2D eigenvalue weighted by Gasteiger charge is 2.46. The topological polar surface area (TPSA) is 93.1 Å². The van der Waals surface area contributed by atoms with Crippen molar-refractivity contribution in [3.05, 3.63) is 66.2 Å². The molecule has 0 bridgehead atoms. The van der Waals surface area contributed by atoms with Crippen molar-refractivity contribution < 1.29 is 27.8 Å². The first-order chi connectivity index (χ1) is 19.3. The van der Waals surface area contributed by atoms with Crippen LogP contribution >= 0.6 is 0 Å². The molecule has 232 valence electrons. The fourth-order valence-electron chi connectivity index (χ4n) is 6.80. The first-order valence-electron chi connectivity index (χ1n) is 15.1. The second kappa shape index (κ2) is 16.3. The van der Waals surface area contributed by atoms with Crippen LogP contribution in [0.1, 0.15) is 67.4 Å². The number of rotatable bonds is 18. The van der Waals surface area contributed by atoms with Gasteiger partial charge >= 0.3 is 0 Å². The third kappa shape index (κ3) is 9.21. The van der Waals surface area contributed by atoms with Gasteiger partial charge in [-0.05, 0) is 52.6 Å².